The van der Waals surface area contributed by atoms with Crippen LogP contribution in [-0.2, 0) is 17.2 Å². The van der Waals surface area contributed by atoms with Crippen LogP contribution < -0.4 is 16.0 Å². The summed E-state index contributed by atoms with van der Waals surface area (Å²) in [4.78, 5) is 24.7. The van der Waals surface area contributed by atoms with E-state index in [1.807, 2.05) is 45.0 Å². The number of hydrogen-bond donors (Lipinski definition) is 2. The van der Waals surface area contributed by atoms with Crippen LogP contribution in [0.25, 0.3) is 22.5 Å². The van der Waals surface area contributed by atoms with Crippen molar-refractivity contribution >= 4 is 17.4 Å². The van der Waals surface area contributed by atoms with E-state index in [-0.39, 0.29) is 40.5 Å². The van der Waals surface area contributed by atoms with E-state index in [0.717, 1.165) is 24.3 Å². The second-order valence-electron chi connectivity index (χ2n) is 10.5. The standard InChI is InChI=1S/C28H31F3N6O2/c1-15-11-37(12-16(2)39-15)22-8-6-17(9-19(22)13-36(3)4)23-25(29)35-26(32)24(34-23)18-5-7-20-21(10-18)28(30,31)14-33-27(20)38/h5-10,15-16H,11-14H2,1-4H3,(H2,32,35)(H,33,38)/t15-,16+. The highest BCUT2D eigenvalue weighted by Gasteiger charge is 2.40. The van der Waals surface area contributed by atoms with Crippen molar-refractivity contribution in [1.82, 2.24) is 20.2 Å². The smallest absolute Gasteiger partial charge is 0.290 e. The molecule has 1 fully saturated rings. The third-order valence-electron chi connectivity index (χ3n) is 6.88. The van der Waals surface area contributed by atoms with Gasteiger partial charge in [-0.3, -0.25) is 4.79 Å². The zero-order chi connectivity index (χ0) is 28.1. The summed E-state index contributed by atoms with van der Waals surface area (Å²) in [6.45, 7) is 5.32. The molecule has 0 bridgehead atoms. The number of halogens is 3. The molecule has 39 heavy (non-hydrogen) atoms. The predicted octanol–water partition coefficient (Wildman–Crippen LogP) is 4.04. The highest BCUT2D eigenvalue weighted by Crippen LogP contribution is 2.38. The molecule has 0 aliphatic carbocycles. The van der Waals surface area contributed by atoms with E-state index in [0.29, 0.717) is 12.1 Å². The number of benzene rings is 2. The zero-order valence-corrected chi connectivity index (χ0v) is 22.3. The second kappa shape index (κ2) is 10.1. The normalized spacial score (nSPS) is 20.6. The average Bonchev–Trinajstić information content (AvgIpc) is 2.85. The Balaban J connectivity index is 1.58. The van der Waals surface area contributed by atoms with E-state index < -0.39 is 29.9 Å². The highest BCUT2D eigenvalue weighted by atomic mass is 19.3. The van der Waals surface area contributed by atoms with Crippen molar-refractivity contribution in [2.75, 3.05) is 44.4 Å². The van der Waals surface area contributed by atoms with E-state index in [2.05, 4.69) is 20.2 Å². The number of morpholine rings is 1. The monoisotopic (exact) mass is 540 g/mol. The lowest BCUT2D eigenvalue weighted by molar-refractivity contribution is -0.00835. The first-order valence-electron chi connectivity index (χ1n) is 12.8. The van der Waals surface area contributed by atoms with Crippen molar-refractivity contribution in [2.45, 2.75) is 38.5 Å². The van der Waals surface area contributed by atoms with Gasteiger partial charge in [0, 0.05) is 47.6 Å². The number of nitrogens with one attached hydrogen (secondary N) is 1. The van der Waals surface area contributed by atoms with Gasteiger partial charge in [-0.1, -0.05) is 12.1 Å². The molecule has 11 heteroatoms. The summed E-state index contributed by atoms with van der Waals surface area (Å²) in [5, 5.41) is 2.18. The van der Waals surface area contributed by atoms with Crippen LogP contribution in [0.3, 0.4) is 0 Å². The van der Waals surface area contributed by atoms with Crippen molar-refractivity contribution in [3.63, 3.8) is 0 Å². The molecule has 5 rings (SSSR count). The van der Waals surface area contributed by atoms with Crippen LogP contribution in [0.5, 0.6) is 0 Å². The summed E-state index contributed by atoms with van der Waals surface area (Å²) in [6.07, 6.45) is 0.136. The first kappa shape index (κ1) is 26.9. The van der Waals surface area contributed by atoms with Gasteiger partial charge in [0.2, 0.25) is 5.95 Å². The molecule has 0 radical (unpaired) electrons. The number of amides is 1. The van der Waals surface area contributed by atoms with Crippen LogP contribution in [0.2, 0.25) is 0 Å². The molecule has 3 heterocycles. The molecule has 206 valence electrons. The minimum Gasteiger partial charge on any atom is -0.382 e. The van der Waals surface area contributed by atoms with Crippen LogP contribution in [0.1, 0.15) is 35.3 Å². The summed E-state index contributed by atoms with van der Waals surface area (Å²) >= 11 is 0. The first-order chi connectivity index (χ1) is 18.4. The van der Waals surface area contributed by atoms with E-state index in [1.54, 1.807) is 6.07 Å². The van der Waals surface area contributed by atoms with Crippen LogP contribution in [0.15, 0.2) is 36.4 Å². The third kappa shape index (κ3) is 5.28. The number of aromatic nitrogens is 2. The minimum atomic E-state index is -3.27. The number of alkyl halides is 2. The lowest BCUT2D eigenvalue weighted by Gasteiger charge is -2.38. The number of carbonyl (C=O) groups excluding carboxylic acids is 1. The van der Waals surface area contributed by atoms with Crippen molar-refractivity contribution < 1.29 is 22.7 Å². The van der Waals surface area contributed by atoms with Gasteiger partial charge < -0.3 is 25.6 Å². The number of ether oxygens (including phenoxy) is 1. The van der Waals surface area contributed by atoms with Gasteiger partial charge in [0.1, 0.15) is 11.4 Å². The van der Waals surface area contributed by atoms with Crippen LogP contribution >= 0.6 is 0 Å². The largest absolute Gasteiger partial charge is 0.382 e. The summed E-state index contributed by atoms with van der Waals surface area (Å²) in [5.74, 6) is -4.95. The zero-order valence-electron chi connectivity index (χ0n) is 22.3. The predicted molar refractivity (Wildman–Crippen MR) is 143 cm³/mol. The number of carbonyl (C=O) groups is 1. The Morgan fingerprint density at radius 2 is 1.74 bits per heavy atom. The van der Waals surface area contributed by atoms with Crippen molar-refractivity contribution in [2.24, 2.45) is 0 Å². The fourth-order valence-corrected chi connectivity index (χ4v) is 5.28. The Hall–Kier alpha value is -3.70. The van der Waals surface area contributed by atoms with E-state index in [4.69, 9.17) is 10.5 Å². The van der Waals surface area contributed by atoms with E-state index in [9.17, 15) is 13.6 Å². The molecule has 1 saturated heterocycles. The Morgan fingerprint density at radius 3 is 2.44 bits per heavy atom. The summed E-state index contributed by atoms with van der Waals surface area (Å²) in [5.41, 5.74) is 8.17. The number of nitrogen functional groups attached to an aromatic ring is 1. The third-order valence-corrected chi connectivity index (χ3v) is 6.88. The van der Waals surface area contributed by atoms with Gasteiger partial charge in [-0.25, -0.2) is 4.98 Å². The van der Waals surface area contributed by atoms with Crippen molar-refractivity contribution in [1.29, 1.82) is 0 Å². The van der Waals surface area contributed by atoms with Gasteiger partial charge in [0.25, 0.3) is 11.8 Å². The molecule has 2 aromatic carbocycles. The molecule has 2 aliphatic rings. The quantitative estimate of drug-likeness (QED) is 0.504. The molecule has 0 unspecified atom stereocenters. The van der Waals surface area contributed by atoms with E-state index in [1.165, 1.54) is 18.2 Å². The first-order valence-corrected chi connectivity index (χ1v) is 12.8. The van der Waals surface area contributed by atoms with Gasteiger partial charge in [-0.05, 0) is 57.8 Å². The molecule has 0 saturated carbocycles. The van der Waals surface area contributed by atoms with Gasteiger partial charge in [0.15, 0.2) is 5.82 Å². The maximum absolute atomic E-state index is 15.2. The van der Waals surface area contributed by atoms with Crippen LogP contribution in [0.4, 0.5) is 24.7 Å². The van der Waals surface area contributed by atoms with Gasteiger partial charge >= 0.3 is 0 Å². The summed E-state index contributed by atoms with van der Waals surface area (Å²) in [6, 6.07) is 9.52. The Morgan fingerprint density at radius 1 is 1.08 bits per heavy atom. The SMILES string of the molecule is C[C@@H]1CN(c2ccc(-c3nc(-c4ccc5c(c4)C(F)(F)CNC5=O)c(N)nc3F)cc2CN(C)C)C[C@H](C)O1. The Bertz CT molecular complexity index is 1420. The molecule has 2 aliphatic heterocycles. The summed E-state index contributed by atoms with van der Waals surface area (Å²) < 4.78 is 50.3. The maximum Gasteiger partial charge on any atom is 0.290 e. The van der Waals surface area contributed by atoms with Gasteiger partial charge in [0.05, 0.1) is 18.8 Å². The fraction of sp³-hybridized carbons (Fsp3) is 0.393. The Labute approximate surface area is 225 Å². The molecular weight excluding hydrogens is 509 g/mol. The summed E-state index contributed by atoms with van der Waals surface area (Å²) in [7, 11) is 3.91. The molecule has 0 spiro atoms. The van der Waals surface area contributed by atoms with E-state index >= 15 is 4.39 Å². The fourth-order valence-electron chi connectivity index (χ4n) is 5.28. The number of fused-ring (bicyclic) bond motifs is 1. The van der Waals surface area contributed by atoms with Crippen molar-refractivity contribution in [3.05, 3.63) is 59.0 Å². The highest BCUT2D eigenvalue weighted by molar-refractivity contribution is 5.98. The molecule has 1 amide bonds. The maximum atomic E-state index is 15.2. The second-order valence-corrected chi connectivity index (χ2v) is 10.5. The number of rotatable bonds is 5. The molecule has 3 N–H and O–H groups in total. The number of anilines is 2. The van der Waals surface area contributed by atoms with Crippen LogP contribution in [-0.4, -0.2) is 66.7 Å². The number of hydrogen-bond acceptors (Lipinski definition) is 7. The van der Waals surface area contributed by atoms with Crippen LogP contribution in [0, 0.1) is 5.95 Å². The molecule has 3 aromatic rings. The molecule has 1 aromatic heterocycles. The van der Waals surface area contributed by atoms with Gasteiger partial charge in [-0.2, -0.15) is 18.2 Å². The Kier molecular flexibility index (Phi) is 6.98. The molecule has 2 atom stereocenters. The lowest BCUT2D eigenvalue weighted by atomic mass is 9.94. The average molecular weight is 541 g/mol. The van der Waals surface area contributed by atoms with Crippen molar-refractivity contribution in [3.8, 4) is 22.5 Å². The topological polar surface area (TPSA) is 96.6 Å². The molecular formula is C28H31F3N6O2. The number of nitrogens with zero attached hydrogens (tertiary/aromatic N) is 4. The molecule has 8 nitrogen and oxygen atoms in total. The lowest BCUT2D eigenvalue weighted by Crippen LogP contribution is -2.46. The van der Waals surface area contributed by atoms with Gasteiger partial charge in [-0.15, -0.1) is 0 Å². The minimum absolute atomic E-state index is 0.0447. The number of nitrogens with two attached hydrogens (primary N) is 1.